The monoisotopic (exact) mass is 215 g/mol. The molecule has 16 heavy (non-hydrogen) atoms. The zero-order valence-electron chi connectivity index (χ0n) is 9.73. The van der Waals surface area contributed by atoms with Crippen molar-refractivity contribution in [1.29, 1.82) is 0 Å². The lowest BCUT2D eigenvalue weighted by atomic mass is 10.1. The lowest BCUT2D eigenvalue weighted by Gasteiger charge is -2.12. The van der Waals surface area contributed by atoms with Crippen LogP contribution in [0.4, 0.5) is 0 Å². The van der Waals surface area contributed by atoms with Gasteiger partial charge in [-0.3, -0.25) is 0 Å². The van der Waals surface area contributed by atoms with Gasteiger partial charge in [0.05, 0.1) is 0 Å². The van der Waals surface area contributed by atoms with E-state index in [1.165, 1.54) is 10.8 Å². The van der Waals surface area contributed by atoms with Gasteiger partial charge in [-0.1, -0.05) is 30.3 Å². The smallest absolute Gasteiger partial charge is 0.120 e. The van der Waals surface area contributed by atoms with Crippen molar-refractivity contribution >= 4 is 10.8 Å². The van der Waals surface area contributed by atoms with Gasteiger partial charge in [0.2, 0.25) is 0 Å². The van der Waals surface area contributed by atoms with Gasteiger partial charge in [0.15, 0.2) is 0 Å². The average molecular weight is 215 g/mol. The SMILES string of the molecule is CNC(C)COc1ccc2ccccc2c1. The Labute approximate surface area is 96.2 Å². The Morgan fingerprint density at radius 3 is 2.62 bits per heavy atom. The van der Waals surface area contributed by atoms with Crippen LogP contribution in [-0.2, 0) is 0 Å². The Bertz CT molecular complexity index is 467. The van der Waals surface area contributed by atoms with Gasteiger partial charge in [0.25, 0.3) is 0 Å². The van der Waals surface area contributed by atoms with Crippen LogP contribution in [0.15, 0.2) is 42.5 Å². The van der Waals surface area contributed by atoms with Crippen molar-refractivity contribution in [3.63, 3.8) is 0 Å². The molecule has 0 aliphatic carbocycles. The van der Waals surface area contributed by atoms with Crippen molar-refractivity contribution in [2.45, 2.75) is 13.0 Å². The van der Waals surface area contributed by atoms with E-state index in [0.29, 0.717) is 12.6 Å². The highest BCUT2D eigenvalue weighted by Gasteiger charge is 2.00. The molecule has 2 aromatic rings. The van der Waals surface area contributed by atoms with Crippen molar-refractivity contribution in [3.05, 3.63) is 42.5 Å². The molecule has 0 fully saturated rings. The molecule has 84 valence electrons. The molecule has 0 spiro atoms. The van der Waals surface area contributed by atoms with Gasteiger partial charge in [-0.05, 0) is 36.9 Å². The lowest BCUT2D eigenvalue weighted by molar-refractivity contribution is 0.280. The molecule has 2 aromatic carbocycles. The maximum atomic E-state index is 5.70. The van der Waals surface area contributed by atoms with Crippen molar-refractivity contribution in [1.82, 2.24) is 5.32 Å². The molecule has 0 saturated heterocycles. The summed E-state index contributed by atoms with van der Waals surface area (Å²) in [5.41, 5.74) is 0. The fraction of sp³-hybridized carbons (Fsp3) is 0.286. The second kappa shape index (κ2) is 4.99. The van der Waals surface area contributed by atoms with E-state index in [0.717, 1.165) is 5.75 Å². The van der Waals surface area contributed by atoms with Crippen molar-refractivity contribution in [2.75, 3.05) is 13.7 Å². The van der Waals surface area contributed by atoms with E-state index in [1.807, 2.05) is 25.2 Å². The quantitative estimate of drug-likeness (QED) is 0.846. The lowest BCUT2D eigenvalue weighted by Crippen LogP contribution is -2.28. The van der Waals surface area contributed by atoms with Crippen molar-refractivity contribution in [3.8, 4) is 5.75 Å². The zero-order valence-corrected chi connectivity index (χ0v) is 9.73. The summed E-state index contributed by atoms with van der Waals surface area (Å²) in [4.78, 5) is 0. The largest absolute Gasteiger partial charge is 0.492 e. The Kier molecular flexibility index (Phi) is 3.42. The Morgan fingerprint density at radius 2 is 1.88 bits per heavy atom. The van der Waals surface area contributed by atoms with E-state index < -0.39 is 0 Å². The molecular weight excluding hydrogens is 198 g/mol. The number of likely N-dealkylation sites (N-methyl/N-ethyl adjacent to an activating group) is 1. The fourth-order valence-corrected chi connectivity index (χ4v) is 1.56. The summed E-state index contributed by atoms with van der Waals surface area (Å²) < 4.78 is 5.70. The molecule has 1 atom stereocenters. The Morgan fingerprint density at radius 1 is 1.12 bits per heavy atom. The minimum Gasteiger partial charge on any atom is -0.492 e. The fourth-order valence-electron chi connectivity index (χ4n) is 1.56. The van der Waals surface area contributed by atoms with Crippen LogP contribution in [0, 0.1) is 0 Å². The van der Waals surface area contributed by atoms with Crippen LogP contribution in [0.2, 0.25) is 0 Å². The van der Waals surface area contributed by atoms with E-state index in [4.69, 9.17) is 4.74 Å². The number of hydrogen-bond donors (Lipinski definition) is 1. The minimum atomic E-state index is 0.367. The van der Waals surface area contributed by atoms with Crippen LogP contribution in [0.3, 0.4) is 0 Å². The molecule has 0 aliphatic rings. The van der Waals surface area contributed by atoms with E-state index in [-0.39, 0.29) is 0 Å². The summed E-state index contributed by atoms with van der Waals surface area (Å²) in [6, 6.07) is 14.9. The first-order valence-electron chi connectivity index (χ1n) is 5.58. The van der Waals surface area contributed by atoms with Gasteiger partial charge in [0, 0.05) is 6.04 Å². The first-order valence-corrected chi connectivity index (χ1v) is 5.58. The van der Waals surface area contributed by atoms with Crippen LogP contribution in [0.5, 0.6) is 5.75 Å². The Balaban J connectivity index is 2.13. The molecule has 0 heterocycles. The Hall–Kier alpha value is -1.54. The number of benzene rings is 2. The second-order valence-corrected chi connectivity index (χ2v) is 4.01. The zero-order chi connectivity index (χ0) is 11.4. The average Bonchev–Trinajstić information content (AvgIpc) is 2.35. The molecular formula is C14H17NO. The highest BCUT2D eigenvalue weighted by atomic mass is 16.5. The molecule has 2 heteroatoms. The third-order valence-electron chi connectivity index (χ3n) is 2.71. The van der Waals surface area contributed by atoms with Gasteiger partial charge < -0.3 is 10.1 Å². The van der Waals surface area contributed by atoms with Gasteiger partial charge in [0.1, 0.15) is 12.4 Å². The third kappa shape index (κ3) is 2.52. The van der Waals surface area contributed by atoms with Crippen LogP contribution >= 0.6 is 0 Å². The highest BCUT2D eigenvalue weighted by Crippen LogP contribution is 2.20. The van der Waals surface area contributed by atoms with Gasteiger partial charge in [-0.15, -0.1) is 0 Å². The summed E-state index contributed by atoms with van der Waals surface area (Å²) in [7, 11) is 1.94. The maximum absolute atomic E-state index is 5.70. The second-order valence-electron chi connectivity index (χ2n) is 4.01. The van der Waals surface area contributed by atoms with E-state index in [1.54, 1.807) is 0 Å². The van der Waals surface area contributed by atoms with E-state index in [9.17, 15) is 0 Å². The van der Waals surface area contributed by atoms with Crippen LogP contribution in [-0.4, -0.2) is 19.7 Å². The number of hydrogen-bond acceptors (Lipinski definition) is 2. The number of rotatable bonds is 4. The minimum absolute atomic E-state index is 0.367. The number of fused-ring (bicyclic) bond motifs is 1. The molecule has 0 aromatic heterocycles. The molecule has 0 bridgehead atoms. The molecule has 1 N–H and O–H groups in total. The van der Waals surface area contributed by atoms with Crippen LogP contribution in [0.25, 0.3) is 10.8 Å². The van der Waals surface area contributed by atoms with Crippen LogP contribution < -0.4 is 10.1 Å². The summed E-state index contributed by atoms with van der Waals surface area (Å²) in [5, 5.41) is 5.61. The topological polar surface area (TPSA) is 21.3 Å². The van der Waals surface area contributed by atoms with E-state index >= 15 is 0 Å². The summed E-state index contributed by atoms with van der Waals surface area (Å²) in [6.45, 7) is 2.79. The number of ether oxygens (including phenoxy) is 1. The summed E-state index contributed by atoms with van der Waals surface area (Å²) in [6.07, 6.45) is 0. The predicted molar refractivity (Wildman–Crippen MR) is 68.0 cm³/mol. The molecule has 0 aliphatic heterocycles. The molecule has 0 radical (unpaired) electrons. The van der Waals surface area contributed by atoms with Crippen LogP contribution in [0.1, 0.15) is 6.92 Å². The first-order chi connectivity index (χ1) is 7.79. The van der Waals surface area contributed by atoms with Gasteiger partial charge >= 0.3 is 0 Å². The van der Waals surface area contributed by atoms with Gasteiger partial charge in [-0.25, -0.2) is 0 Å². The molecule has 2 rings (SSSR count). The van der Waals surface area contributed by atoms with E-state index in [2.05, 4.69) is 36.5 Å². The predicted octanol–water partition coefficient (Wildman–Crippen LogP) is 2.83. The summed E-state index contributed by atoms with van der Waals surface area (Å²) >= 11 is 0. The normalized spacial score (nSPS) is 12.6. The highest BCUT2D eigenvalue weighted by molar-refractivity contribution is 5.83. The standard InChI is InChI=1S/C14H17NO/c1-11(15-2)10-16-14-8-7-12-5-3-4-6-13(12)9-14/h3-9,11,15H,10H2,1-2H3. The molecule has 1 unspecified atom stereocenters. The number of nitrogens with one attached hydrogen (secondary N) is 1. The molecule has 0 saturated carbocycles. The maximum Gasteiger partial charge on any atom is 0.120 e. The molecule has 0 amide bonds. The summed E-state index contributed by atoms with van der Waals surface area (Å²) in [5.74, 6) is 0.931. The van der Waals surface area contributed by atoms with Gasteiger partial charge in [-0.2, -0.15) is 0 Å². The molecule has 2 nitrogen and oxygen atoms in total. The van der Waals surface area contributed by atoms with Crippen molar-refractivity contribution < 1.29 is 4.74 Å². The first kappa shape index (κ1) is 11.0. The van der Waals surface area contributed by atoms with Crippen molar-refractivity contribution in [2.24, 2.45) is 0 Å². The third-order valence-corrected chi connectivity index (χ3v) is 2.71.